The van der Waals surface area contributed by atoms with E-state index in [1.807, 2.05) is 0 Å². The zero-order chi connectivity index (χ0) is 13.0. The monoisotopic (exact) mass is 263 g/mol. The SMILES string of the molecule is CSc1cc(C(=O)Nc2cnccn2)ccc1F. The van der Waals surface area contributed by atoms with Crippen LogP contribution in [0.5, 0.6) is 0 Å². The highest BCUT2D eigenvalue weighted by molar-refractivity contribution is 7.98. The molecule has 2 aromatic rings. The molecule has 0 bridgehead atoms. The standard InChI is InChI=1S/C12H10FN3OS/c1-18-10-6-8(2-3-9(10)13)12(17)16-11-7-14-4-5-15-11/h2-7H,1H3,(H,15,16,17). The Morgan fingerprint density at radius 2 is 2.22 bits per heavy atom. The Balaban J connectivity index is 2.19. The van der Waals surface area contributed by atoms with E-state index in [9.17, 15) is 9.18 Å². The Hall–Kier alpha value is -1.95. The number of amides is 1. The third kappa shape index (κ3) is 2.84. The molecule has 1 aromatic carbocycles. The molecule has 0 aliphatic heterocycles. The number of aromatic nitrogens is 2. The van der Waals surface area contributed by atoms with Crippen molar-refractivity contribution < 1.29 is 9.18 Å². The van der Waals surface area contributed by atoms with Crippen molar-refractivity contribution in [2.45, 2.75) is 4.90 Å². The van der Waals surface area contributed by atoms with E-state index in [0.29, 0.717) is 16.3 Å². The Kier molecular flexibility index (Phi) is 3.88. The van der Waals surface area contributed by atoms with Crippen molar-refractivity contribution in [1.29, 1.82) is 0 Å². The molecule has 1 amide bonds. The molecule has 1 aromatic heterocycles. The summed E-state index contributed by atoms with van der Waals surface area (Å²) in [7, 11) is 0. The van der Waals surface area contributed by atoms with Gasteiger partial charge >= 0.3 is 0 Å². The predicted molar refractivity (Wildman–Crippen MR) is 68.2 cm³/mol. The van der Waals surface area contributed by atoms with Crippen molar-refractivity contribution in [2.75, 3.05) is 11.6 Å². The number of carbonyl (C=O) groups is 1. The fourth-order valence-electron chi connectivity index (χ4n) is 1.35. The van der Waals surface area contributed by atoms with Gasteiger partial charge in [0.1, 0.15) is 5.82 Å². The lowest BCUT2D eigenvalue weighted by molar-refractivity contribution is 0.102. The molecule has 0 radical (unpaired) electrons. The van der Waals surface area contributed by atoms with Gasteiger partial charge in [-0.05, 0) is 24.5 Å². The van der Waals surface area contributed by atoms with Crippen LogP contribution in [0.3, 0.4) is 0 Å². The van der Waals surface area contributed by atoms with Crippen LogP contribution >= 0.6 is 11.8 Å². The van der Waals surface area contributed by atoms with Crippen molar-refractivity contribution in [1.82, 2.24) is 9.97 Å². The normalized spacial score (nSPS) is 10.1. The summed E-state index contributed by atoms with van der Waals surface area (Å²) in [4.78, 5) is 20.1. The first-order valence-electron chi connectivity index (χ1n) is 5.11. The van der Waals surface area contributed by atoms with Gasteiger partial charge in [0.15, 0.2) is 5.82 Å². The van der Waals surface area contributed by atoms with Crippen LogP contribution in [-0.2, 0) is 0 Å². The highest BCUT2D eigenvalue weighted by Gasteiger charge is 2.10. The van der Waals surface area contributed by atoms with E-state index in [1.54, 1.807) is 6.26 Å². The van der Waals surface area contributed by atoms with Crippen molar-refractivity contribution in [3.8, 4) is 0 Å². The van der Waals surface area contributed by atoms with Gasteiger partial charge in [0.05, 0.1) is 6.20 Å². The first-order chi connectivity index (χ1) is 8.70. The second-order valence-electron chi connectivity index (χ2n) is 3.39. The molecule has 0 atom stereocenters. The Morgan fingerprint density at radius 1 is 1.39 bits per heavy atom. The Bertz CT molecular complexity index is 563. The summed E-state index contributed by atoms with van der Waals surface area (Å²) in [6.45, 7) is 0. The molecular weight excluding hydrogens is 253 g/mol. The second kappa shape index (κ2) is 5.59. The highest BCUT2D eigenvalue weighted by Crippen LogP contribution is 2.20. The number of anilines is 1. The van der Waals surface area contributed by atoms with Crippen LogP contribution in [0.1, 0.15) is 10.4 Å². The maximum Gasteiger partial charge on any atom is 0.256 e. The summed E-state index contributed by atoms with van der Waals surface area (Å²) < 4.78 is 13.3. The lowest BCUT2D eigenvalue weighted by Crippen LogP contribution is -2.13. The summed E-state index contributed by atoms with van der Waals surface area (Å²) >= 11 is 1.25. The van der Waals surface area contributed by atoms with Crippen molar-refractivity contribution >= 4 is 23.5 Å². The highest BCUT2D eigenvalue weighted by atomic mass is 32.2. The number of hydrogen-bond acceptors (Lipinski definition) is 4. The van der Waals surface area contributed by atoms with Gasteiger partial charge in [-0.25, -0.2) is 9.37 Å². The zero-order valence-corrected chi connectivity index (χ0v) is 10.4. The van der Waals surface area contributed by atoms with E-state index < -0.39 is 0 Å². The van der Waals surface area contributed by atoms with E-state index >= 15 is 0 Å². The minimum Gasteiger partial charge on any atom is -0.305 e. The van der Waals surface area contributed by atoms with Crippen LogP contribution in [0.4, 0.5) is 10.2 Å². The maximum atomic E-state index is 13.3. The molecule has 0 saturated heterocycles. The van der Waals surface area contributed by atoms with Crippen LogP contribution in [-0.4, -0.2) is 22.1 Å². The molecule has 92 valence electrons. The van der Waals surface area contributed by atoms with Crippen LogP contribution in [0.15, 0.2) is 41.7 Å². The third-order valence-corrected chi connectivity index (χ3v) is 2.97. The van der Waals surface area contributed by atoms with Gasteiger partial charge in [0, 0.05) is 22.9 Å². The number of benzene rings is 1. The summed E-state index contributed by atoms with van der Waals surface area (Å²) in [5.74, 6) is -0.318. The van der Waals surface area contributed by atoms with E-state index in [1.165, 1.54) is 48.6 Å². The number of rotatable bonds is 3. The zero-order valence-electron chi connectivity index (χ0n) is 9.55. The lowest BCUT2D eigenvalue weighted by atomic mass is 10.2. The number of carbonyl (C=O) groups excluding carboxylic acids is 1. The number of halogens is 1. The molecule has 6 heteroatoms. The van der Waals surface area contributed by atoms with Gasteiger partial charge in [-0.15, -0.1) is 11.8 Å². The van der Waals surface area contributed by atoms with Gasteiger partial charge in [0.25, 0.3) is 5.91 Å². The number of nitrogens with one attached hydrogen (secondary N) is 1. The quantitative estimate of drug-likeness (QED) is 0.865. The topological polar surface area (TPSA) is 54.9 Å². The Labute approximate surface area is 108 Å². The number of thioether (sulfide) groups is 1. The average Bonchev–Trinajstić information content (AvgIpc) is 2.40. The largest absolute Gasteiger partial charge is 0.305 e. The Morgan fingerprint density at radius 3 is 2.89 bits per heavy atom. The summed E-state index contributed by atoms with van der Waals surface area (Å²) in [6, 6.07) is 4.21. The molecule has 18 heavy (non-hydrogen) atoms. The first kappa shape index (κ1) is 12.5. The third-order valence-electron chi connectivity index (χ3n) is 2.22. The molecular formula is C12H10FN3OS. The van der Waals surface area contributed by atoms with Crippen molar-refractivity contribution in [3.05, 3.63) is 48.2 Å². The molecule has 2 rings (SSSR count). The fourth-order valence-corrected chi connectivity index (χ4v) is 1.86. The van der Waals surface area contributed by atoms with Gasteiger partial charge in [-0.2, -0.15) is 0 Å². The van der Waals surface area contributed by atoms with E-state index in [-0.39, 0.29) is 11.7 Å². The number of nitrogens with zero attached hydrogens (tertiary/aromatic N) is 2. The smallest absolute Gasteiger partial charge is 0.256 e. The predicted octanol–water partition coefficient (Wildman–Crippen LogP) is 2.59. The first-order valence-corrected chi connectivity index (χ1v) is 6.34. The van der Waals surface area contributed by atoms with Crippen LogP contribution in [0, 0.1) is 5.82 Å². The van der Waals surface area contributed by atoms with Gasteiger partial charge in [0.2, 0.25) is 0 Å². The average molecular weight is 263 g/mol. The van der Waals surface area contributed by atoms with Gasteiger partial charge in [-0.1, -0.05) is 0 Å². The van der Waals surface area contributed by atoms with Crippen molar-refractivity contribution in [2.24, 2.45) is 0 Å². The molecule has 0 fully saturated rings. The van der Waals surface area contributed by atoms with Crippen molar-refractivity contribution in [3.63, 3.8) is 0 Å². The minimum absolute atomic E-state index is 0.335. The lowest BCUT2D eigenvalue weighted by Gasteiger charge is -2.05. The van der Waals surface area contributed by atoms with Crippen LogP contribution in [0.25, 0.3) is 0 Å². The van der Waals surface area contributed by atoms with E-state index in [4.69, 9.17) is 0 Å². The maximum absolute atomic E-state index is 13.3. The summed E-state index contributed by atoms with van der Waals surface area (Å²) in [5, 5.41) is 2.58. The second-order valence-corrected chi connectivity index (χ2v) is 4.24. The minimum atomic E-state index is -0.342. The van der Waals surface area contributed by atoms with Gasteiger partial charge in [-0.3, -0.25) is 9.78 Å². The molecule has 4 nitrogen and oxygen atoms in total. The summed E-state index contributed by atoms with van der Waals surface area (Å²) in [5.41, 5.74) is 0.381. The number of hydrogen-bond donors (Lipinski definition) is 1. The molecule has 1 N–H and O–H groups in total. The van der Waals surface area contributed by atoms with Gasteiger partial charge < -0.3 is 5.32 Å². The molecule has 0 aliphatic carbocycles. The van der Waals surface area contributed by atoms with Crippen LogP contribution in [0.2, 0.25) is 0 Å². The van der Waals surface area contributed by atoms with E-state index in [0.717, 1.165) is 0 Å². The molecule has 0 aliphatic rings. The van der Waals surface area contributed by atoms with Crippen LogP contribution < -0.4 is 5.32 Å². The fraction of sp³-hybridized carbons (Fsp3) is 0.0833. The molecule has 0 unspecified atom stereocenters. The van der Waals surface area contributed by atoms with E-state index in [2.05, 4.69) is 15.3 Å². The molecule has 0 spiro atoms. The summed E-state index contributed by atoms with van der Waals surface area (Å²) in [6.07, 6.45) is 6.19. The molecule has 0 saturated carbocycles. The molecule has 1 heterocycles.